The van der Waals surface area contributed by atoms with E-state index in [4.69, 9.17) is 14.9 Å². The van der Waals surface area contributed by atoms with E-state index in [1.807, 2.05) is 62.5 Å². The number of aryl methyl sites for hydroxylation is 3. The maximum absolute atomic E-state index is 8.95. The van der Waals surface area contributed by atoms with Gasteiger partial charge in [0, 0.05) is 33.6 Å². The van der Waals surface area contributed by atoms with Gasteiger partial charge in [0.15, 0.2) is 5.58 Å². The van der Waals surface area contributed by atoms with Crippen LogP contribution in [0.1, 0.15) is 46.9 Å². The first-order valence-electron chi connectivity index (χ1n) is 13.3. The molecule has 0 aliphatic carbocycles. The quantitative estimate of drug-likeness (QED) is 0.261. The van der Waals surface area contributed by atoms with Crippen LogP contribution in [0.2, 0.25) is 0 Å². The lowest BCUT2D eigenvalue weighted by Crippen LogP contribution is -1.99. The fraction of sp³-hybridized carbons (Fsp3) is 0.200. The van der Waals surface area contributed by atoms with Gasteiger partial charge in [0.2, 0.25) is 0 Å². The van der Waals surface area contributed by atoms with Crippen LogP contribution >= 0.6 is 11.3 Å². The fourth-order valence-electron chi connectivity index (χ4n) is 4.90. The maximum Gasteiger partial charge on any atom is 0.162 e. The van der Waals surface area contributed by atoms with Gasteiger partial charge in [-0.25, -0.2) is 4.98 Å². The van der Waals surface area contributed by atoms with E-state index in [2.05, 4.69) is 31.0 Å². The molecular formula is C30H26N2OS. The summed E-state index contributed by atoms with van der Waals surface area (Å²) >= 11 is 1.17. The van der Waals surface area contributed by atoms with Crippen molar-refractivity contribution in [1.29, 1.82) is 0 Å². The van der Waals surface area contributed by atoms with Crippen molar-refractivity contribution in [2.24, 2.45) is 0 Å². The van der Waals surface area contributed by atoms with Gasteiger partial charge in [0.25, 0.3) is 0 Å². The van der Waals surface area contributed by atoms with Crippen LogP contribution in [0.4, 0.5) is 0 Å². The summed E-state index contributed by atoms with van der Waals surface area (Å²) in [7, 11) is 0. The van der Waals surface area contributed by atoms with Gasteiger partial charge in [-0.1, -0.05) is 44.2 Å². The standard InChI is InChI=1S/C30H26N2OS/c1-16(2)23-14-25(31-15-24(23)27-17(3)8-6-9-18(27)4)22-11-7-10-20-21-12-13-26-28(32-19(5)34-26)30(21)33-29(20)22/h6-16H,1-5H3/i5D3,16D. The van der Waals surface area contributed by atoms with Gasteiger partial charge in [0.1, 0.15) is 11.1 Å². The molecule has 0 amide bonds. The summed E-state index contributed by atoms with van der Waals surface area (Å²) in [5.41, 5.74) is 8.59. The second-order valence-corrected chi connectivity index (χ2v) is 10.0. The van der Waals surface area contributed by atoms with Crippen LogP contribution in [0, 0.1) is 20.7 Å². The number of hydrogen-bond donors (Lipinski definition) is 0. The molecule has 0 aliphatic rings. The van der Waals surface area contributed by atoms with Crippen LogP contribution in [-0.2, 0) is 0 Å². The SMILES string of the molecule is [2H]C([2H])([2H])c1nc2c(ccc3c4cccc(-c5cc(C([2H])(C)C)c(-c6c(C)cccc6C)cn5)c4oc32)s1. The van der Waals surface area contributed by atoms with Gasteiger partial charge in [-0.05, 0) is 73.1 Å². The predicted octanol–water partition coefficient (Wildman–Crippen LogP) is 8.97. The smallest absolute Gasteiger partial charge is 0.162 e. The van der Waals surface area contributed by atoms with Crippen molar-refractivity contribution in [3.8, 4) is 22.4 Å². The van der Waals surface area contributed by atoms with Crippen molar-refractivity contribution in [3.05, 3.63) is 82.5 Å². The van der Waals surface area contributed by atoms with Gasteiger partial charge < -0.3 is 4.42 Å². The molecule has 168 valence electrons. The molecule has 0 bridgehead atoms. The topological polar surface area (TPSA) is 38.9 Å². The zero-order valence-electron chi connectivity index (χ0n) is 23.5. The fourth-order valence-corrected chi connectivity index (χ4v) is 5.62. The zero-order chi connectivity index (χ0) is 27.0. The Morgan fingerprint density at radius 2 is 1.71 bits per heavy atom. The van der Waals surface area contributed by atoms with Crippen LogP contribution in [0.5, 0.6) is 0 Å². The van der Waals surface area contributed by atoms with E-state index in [9.17, 15) is 0 Å². The number of pyridine rings is 1. The Balaban J connectivity index is 1.59. The highest BCUT2D eigenvalue weighted by Crippen LogP contribution is 2.41. The molecule has 3 aromatic heterocycles. The molecule has 3 aromatic carbocycles. The van der Waals surface area contributed by atoms with E-state index >= 15 is 0 Å². The summed E-state index contributed by atoms with van der Waals surface area (Å²) in [6, 6.07) is 18.0. The number of benzene rings is 3. The van der Waals surface area contributed by atoms with Crippen molar-refractivity contribution in [2.45, 2.75) is 40.4 Å². The normalized spacial score (nSPS) is 14.4. The van der Waals surface area contributed by atoms with E-state index in [0.717, 1.165) is 54.5 Å². The molecule has 34 heavy (non-hydrogen) atoms. The highest BCUT2D eigenvalue weighted by atomic mass is 32.1. The first-order chi connectivity index (χ1) is 17.9. The summed E-state index contributed by atoms with van der Waals surface area (Å²) in [5, 5.41) is 1.90. The van der Waals surface area contributed by atoms with E-state index in [-0.39, 0.29) is 5.01 Å². The highest BCUT2D eigenvalue weighted by Gasteiger charge is 2.19. The molecular weight excluding hydrogens is 436 g/mol. The lowest BCUT2D eigenvalue weighted by Gasteiger charge is -2.18. The lowest BCUT2D eigenvalue weighted by atomic mass is 9.88. The van der Waals surface area contributed by atoms with Crippen molar-refractivity contribution in [2.75, 3.05) is 0 Å². The molecule has 0 N–H and O–H groups in total. The number of hydrogen-bond acceptors (Lipinski definition) is 4. The van der Waals surface area contributed by atoms with Crippen LogP contribution in [0.25, 0.3) is 54.5 Å². The average Bonchev–Trinajstić information content (AvgIpc) is 3.45. The molecule has 0 atom stereocenters. The van der Waals surface area contributed by atoms with Gasteiger partial charge in [-0.15, -0.1) is 11.3 Å². The van der Waals surface area contributed by atoms with Crippen molar-refractivity contribution in [1.82, 2.24) is 9.97 Å². The molecule has 6 aromatic rings. The van der Waals surface area contributed by atoms with Crippen molar-refractivity contribution < 1.29 is 9.90 Å². The van der Waals surface area contributed by atoms with E-state index in [1.54, 1.807) is 0 Å². The number of nitrogens with zero attached hydrogens (tertiary/aromatic N) is 2. The highest BCUT2D eigenvalue weighted by molar-refractivity contribution is 7.18. The molecule has 0 saturated heterocycles. The Morgan fingerprint density at radius 1 is 0.941 bits per heavy atom. The molecule has 0 spiro atoms. The molecule has 6 rings (SSSR count). The Kier molecular flexibility index (Phi) is 3.89. The minimum Gasteiger partial charge on any atom is -0.453 e. The van der Waals surface area contributed by atoms with E-state index < -0.39 is 12.7 Å². The van der Waals surface area contributed by atoms with Crippen LogP contribution < -0.4 is 0 Å². The first kappa shape index (κ1) is 17.0. The number of para-hydroxylation sites is 1. The predicted molar refractivity (Wildman–Crippen MR) is 144 cm³/mol. The monoisotopic (exact) mass is 466 g/mol. The summed E-state index contributed by atoms with van der Waals surface area (Å²) in [4.78, 5) is 9.31. The summed E-state index contributed by atoms with van der Waals surface area (Å²) < 4.78 is 39.5. The number of fused-ring (bicyclic) bond motifs is 5. The maximum atomic E-state index is 8.95. The summed E-state index contributed by atoms with van der Waals surface area (Å²) in [6.45, 7) is 5.69. The van der Waals surface area contributed by atoms with Crippen LogP contribution in [0.3, 0.4) is 0 Å². The molecule has 0 radical (unpaired) electrons. The van der Waals surface area contributed by atoms with Gasteiger partial charge in [0.05, 0.1) is 15.4 Å². The molecule has 4 heteroatoms. The average molecular weight is 467 g/mol. The molecule has 0 fully saturated rings. The lowest BCUT2D eigenvalue weighted by molar-refractivity contribution is 0.672. The van der Waals surface area contributed by atoms with Gasteiger partial charge in [-0.2, -0.15) is 0 Å². The zero-order valence-corrected chi connectivity index (χ0v) is 20.3. The molecule has 3 heterocycles. The first-order valence-corrected chi connectivity index (χ1v) is 12.1. The molecule has 0 unspecified atom stereocenters. The Labute approximate surface area is 208 Å². The largest absolute Gasteiger partial charge is 0.453 e. The van der Waals surface area contributed by atoms with E-state index in [0.29, 0.717) is 16.7 Å². The third kappa shape index (κ3) is 3.17. The minimum atomic E-state index is -2.27. The molecule has 0 aliphatic heterocycles. The van der Waals surface area contributed by atoms with Crippen LogP contribution in [-0.4, -0.2) is 9.97 Å². The summed E-state index contributed by atoms with van der Waals surface area (Å²) in [5.74, 6) is -0.859. The Morgan fingerprint density at radius 3 is 2.47 bits per heavy atom. The number of thiazole rings is 1. The van der Waals surface area contributed by atoms with Crippen molar-refractivity contribution >= 4 is 43.5 Å². The number of aromatic nitrogens is 2. The minimum absolute atomic E-state index is 0.103. The van der Waals surface area contributed by atoms with Gasteiger partial charge >= 0.3 is 0 Å². The molecule has 0 saturated carbocycles. The van der Waals surface area contributed by atoms with Crippen molar-refractivity contribution in [3.63, 3.8) is 0 Å². The number of rotatable bonds is 3. The third-order valence-corrected chi connectivity index (χ3v) is 7.33. The van der Waals surface area contributed by atoms with Crippen LogP contribution in [0.15, 0.2) is 65.2 Å². The second-order valence-electron chi connectivity index (χ2n) is 8.97. The van der Waals surface area contributed by atoms with E-state index in [1.165, 1.54) is 11.3 Å². The second kappa shape index (κ2) is 7.78. The Bertz CT molecular complexity index is 1860. The summed E-state index contributed by atoms with van der Waals surface area (Å²) in [6.07, 6.45) is 1.87. The van der Waals surface area contributed by atoms with Gasteiger partial charge in [-0.3, -0.25) is 4.98 Å². The molecule has 3 nitrogen and oxygen atoms in total. The number of furan rings is 1. The Hall–Kier alpha value is -3.50. The third-order valence-electron chi connectivity index (χ3n) is 6.49.